The number of hydrogen-bond acceptors (Lipinski definition) is 3. The highest BCUT2D eigenvalue weighted by atomic mass is 16.4. The number of rotatable bonds is 3. The van der Waals surface area contributed by atoms with Crippen LogP contribution in [0.4, 0.5) is 0 Å². The third kappa shape index (κ3) is 1.74. The van der Waals surface area contributed by atoms with Crippen molar-refractivity contribution in [3.63, 3.8) is 0 Å². The number of H-pyrrole nitrogens is 1. The number of carboxylic acid groups (broad SMARTS) is 1. The molecule has 0 fully saturated rings. The fourth-order valence-electron chi connectivity index (χ4n) is 0.928. The predicted molar refractivity (Wildman–Crippen MR) is 45.0 cm³/mol. The van der Waals surface area contributed by atoms with Crippen LogP contribution in [-0.2, 0) is 0 Å². The molecule has 2 N–H and O–H groups in total. The Balaban J connectivity index is 3.19. The predicted octanol–water partition coefficient (Wildman–Crippen LogP) is 1.04. The van der Waals surface area contributed by atoms with Gasteiger partial charge >= 0.3 is 5.97 Å². The lowest BCUT2D eigenvalue weighted by atomic mass is 10.2. The number of imidazole rings is 1. The Morgan fingerprint density at radius 1 is 1.62 bits per heavy atom. The van der Waals surface area contributed by atoms with Crippen molar-refractivity contribution in [2.24, 2.45) is 0 Å². The van der Waals surface area contributed by atoms with E-state index in [0.717, 1.165) is 0 Å². The van der Waals surface area contributed by atoms with E-state index in [9.17, 15) is 9.59 Å². The highest BCUT2D eigenvalue weighted by Gasteiger charge is 2.16. The van der Waals surface area contributed by atoms with Crippen LogP contribution < -0.4 is 0 Å². The van der Waals surface area contributed by atoms with Gasteiger partial charge in [0.15, 0.2) is 12.0 Å². The minimum atomic E-state index is -1.19. The summed E-state index contributed by atoms with van der Waals surface area (Å²) in [7, 11) is 0. The van der Waals surface area contributed by atoms with Gasteiger partial charge in [0.1, 0.15) is 11.5 Å². The van der Waals surface area contributed by atoms with Crippen LogP contribution in [-0.4, -0.2) is 27.3 Å². The van der Waals surface area contributed by atoms with Crippen LogP contribution in [0, 0.1) is 0 Å². The molecule has 0 bridgehead atoms. The van der Waals surface area contributed by atoms with Gasteiger partial charge in [0, 0.05) is 5.92 Å². The number of aromatic carboxylic acids is 1. The van der Waals surface area contributed by atoms with Gasteiger partial charge in [-0.1, -0.05) is 13.8 Å². The molecule has 70 valence electrons. The normalized spacial score (nSPS) is 10.4. The monoisotopic (exact) mass is 182 g/mol. The van der Waals surface area contributed by atoms with E-state index in [2.05, 4.69) is 9.97 Å². The largest absolute Gasteiger partial charge is 0.476 e. The van der Waals surface area contributed by atoms with Crippen LogP contribution >= 0.6 is 0 Å². The zero-order valence-electron chi connectivity index (χ0n) is 7.37. The number of nitrogens with one attached hydrogen (secondary N) is 1. The summed E-state index contributed by atoms with van der Waals surface area (Å²) in [5.74, 6) is -0.600. The van der Waals surface area contributed by atoms with Crippen LogP contribution in [0.2, 0.25) is 0 Å². The van der Waals surface area contributed by atoms with Crippen molar-refractivity contribution in [2.45, 2.75) is 19.8 Å². The van der Waals surface area contributed by atoms with Crippen molar-refractivity contribution in [2.75, 3.05) is 0 Å². The van der Waals surface area contributed by atoms with Crippen LogP contribution in [0.1, 0.15) is 46.6 Å². The van der Waals surface area contributed by atoms with E-state index in [1.165, 1.54) is 0 Å². The topological polar surface area (TPSA) is 83.0 Å². The van der Waals surface area contributed by atoms with E-state index < -0.39 is 5.97 Å². The molecule has 0 aliphatic rings. The molecule has 13 heavy (non-hydrogen) atoms. The molecule has 0 unspecified atom stereocenters. The molecule has 1 heterocycles. The van der Waals surface area contributed by atoms with Crippen molar-refractivity contribution in [1.82, 2.24) is 9.97 Å². The van der Waals surface area contributed by atoms with Crippen LogP contribution in [0.3, 0.4) is 0 Å². The molecule has 0 spiro atoms. The first-order chi connectivity index (χ1) is 6.06. The van der Waals surface area contributed by atoms with Crippen molar-refractivity contribution < 1.29 is 14.7 Å². The Bertz CT molecular complexity index is 341. The number of aromatic nitrogens is 2. The zero-order chi connectivity index (χ0) is 10.0. The number of carbonyl (C=O) groups is 2. The van der Waals surface area contributed by atoms with E-state index in [0.29, 0.717) is 12.1 Å². The molecule has 0 aliphatic heterocycles. The lowest BCUT2D eigenvalue weighted by molar-refractivity contribution is 0.0688. The third-order valence-corrected chi connectivity index (χ3v) is 1.62. The summed E-state index contributed by atoms with van der Waals surface area (Å²) in [5.41, 5.74) is -0.185. The Hall–Kier alpha value is -1.65. The highest BCUT2D eigenvalue weighted by molar-refractivity contribution is 5.94. The van der Waals surface area contributed by atoms with Gasteiger partial charge in [-0.3, -0.25) is 4.79 Å². The van der Waals surface area contributed by atoms with Crippen molar-refractivity contribution in [3.05, 3.63) is 17.2 Å². The van der Waals surface area contributed by atoms with E-state index in [1.807, 2.05) is 13.8 Å². The van der Waals surface area contributed by atoms with Gasteiger partial charge in [-0.25, -0.2) is 9.78 Å². The number of nitrogens with zero attached hydrogens (tertiary/aromatic N) is 1. The van der Waals surface area contributed by atoms with Crippen molar-refractivity contribution >= 4 is 12.3 Å². The first kappa shape index (κ1) is 9.44. The number of hydrogen-bond donors (Lipinski definition) is 2. The molecule has 0 saturated heterocycles. The molecule has 0 radical (unpaired) electrons. The average Bonchev–Trinajstić information content (AvgIpc) is 2.47. The maximum Gasteiger partial charge on any atom is 0.356 e. The molecule has 0 aromatic carbocycles. The molecular weight excluding hydrogens is 172 g/mol. The van der Waals surface area contributed by atoms with Crippen LogP contribution in [0.15, 0.2) is 0 Å². The van der Waals surface area contributed by atoms with Crippen LogP contribution in [0.25, 0.3) is 0 Å². The fourth-order valence-corrected chi connectivity index (χ4v) is 0.928. The van der Waals surface area contributed by atoms with E-state index in [4.69, 9.17) is 5.11 Å². The van der Waals surface area contributed by atoms with Gasteiger partial charge in [0.05, 0.1) is 0 Å². The highest BCUT2D eigenvalue weighted by Crippen LogP contribution is 2.12. The average molecular weight is 182 g/mol. The second-order valence-corrected chi connectivity index (χ2v) is 2.96. The number of aldehydes is 1. The summed E-state index contributed by atoms with van der Waals surface area (Å²) in [6.45, 7) is 3.72. The Morgan fingerprint density at radius 3 is 2.54 bits per heavy atom. The summed E-state index contributed by atoms with van der Waals surface area (Å²) < 4.78 is 0. The Labute approximate surface area is 74.8 Å². The summed E-state index contributed by atoms with van der Waals surface area (Å²) in [6.07, 6.45) is 0.461. The SMILES string of the molecule is CC(C)c1nc(C(=O)O)c(C=O)[nH]1. The lowest BCUT2D eigenvalue weighted by Crippen LogP contribution is -2.00. The smallest absolute Gasteiger partial charge is 0.356 e. The lowest BCUT2D eigenvalue weighted by Gasteiger charge is -1.95. The van der Waals surface area contributed by atoms with E-state index in [-0.39, 0.29) is 17.3 Å². The molecule has 0 saturated carbocycles. The van der Waals surface area contributed by atoms with Gasteiger partial charge < -0.3 is 10.1 Å². The summed E-state index contributed by atoms with van der Waals surface area (Å²) in [6, 6.07) is 0. The maximum absolute atomic E-state index is 10.6. The Morgan fingerprint density at radius 2 is 2.23 bits per heavy atom. The standard InChI is InChI=1S/C8H10N2O3/c1-4(2)7-9-5(3-11)6(10-7)8(12)13/h3-4H,1-2H3,(H,9,10)(H,12,13). The molecule has 5 nitrogen and oxygen atoms in total. The van der Waals surface area contributed by atoms with Gasteiger partial charge in [-0.2, -0.15) is 0 Å². The van der Waals surface area contributed by atoms with Crippen molar-refractivity contribution in [3.8, 4) is 0 Å². The summed E-state index contributed by atoms with van der Waals surface area (Å²) >= 11 is 0. The van der Waals surface area contributed by atoms with Crippen LogP contribution in [0.5, 0.6) is 0 Å². The second kappa shape index (κ2) is 3.38. The summed E-state index contributed by atoms with van der Waals surface area (Å²) in [5, 5.41) is 8.65. The Kier molecular flexibility index (Phi) is 2.46. The molecule has 5 heteroatoms. The summed E-state index contributed by atoms with van der Waals surface area (Å²) in [4.78, 5) is 27.5. The first-order valence-electron chi connectivity index (χ1n) is 3.84. The molecule has 1 aromatic rings. The molecule has 0 atom stereocenters. The van der Waals surface area contributed by atoms with Gasteiger partial charge in [0.2, 0.25) is 0 Å². The molecular formula is C8H10N2O3. The first-order valence-corrected chi connectivity index (χ1v) is 3.84. The number of carbonyl (C=O) groups excluding carboxylic acids is 1. The number of aromatic amines is 1. The maximum atomic E-state index is 10.6. The van der Waals surface area contributed by atoms with Gasteiger partial charge in [0.25, 0.3) is 0 Å². The van der Waals surface area contributed by atoms with E-state index in [1.54, 1.807) is 0 Å². The molecule has 0 aliphatic carbocycles. The molecule has 1 rings (SSSR count). The van der Waals surface area contributed by atoms with Gasteiger partial charge in [-0.05, 0) is 0 Å². The second-order valence-electron chi connectivity index (χ2n) is 2.96. The molecule has 1 aromatic heterocycles. The van der Waals surface area contributed by atoms with E-state index >= 15 is 0 Å². The fraction of sp³-hybridized carbons (Fsp3) is 0.375. The quantitative estimate of drug-likeness (QED) is 0.684. The minimum Gasteiger partial charge on any atom is -0.476 e. The minimum absolute atomic E-state index is 0.0243. The van der Waals surface area contributed by atoms with Gasteiger partial charge in [-0.15, -0.1) is 0 Å². The number of carboxylic acids is 1. The zero-order valence-corrected chi connectivity index (χ0v) is 7.37. The van der Waals surface area contributed by atoms with Crippen molar-refractivity contribution in [1.29, 1.82) is 0 Å². The molecule has 0 amide bonds. The third-order valence-electron chi connectivity index (χ3n) is 1.62.